The zero-order valence-corrected chi connectivity index (χ0v) is 15.2. The van der Waals surface area contributed by atoms with Crippen LogP contribution in [0.4, 0.5) is 37.7 Å². The molecule has 0 saturated carbocycles. The van der Waals surface area contributed by atoms with Crippen LogP contribution in [0.25, 0.3) is 0 Å². The predicted octanol–water partition coefficient (Wildman–Crippen LogP) is 3.42. The maximum Gasteiger partial charge on any atom is 0.416 e. The Balaban J connectivity index is 1.79. The minimum absolute atomic E-state index is 0.0406. The van der Waals surface area contributed by atoms with Crippen molar-refractivity contribution in [3.63, 3.8) is 0 Å². The van der Waals surface area contributed by atoms with E-state index in [1.165, 1.54) is 24.3 Å². The molecule has 164 valence electrons. The van der Waals surface area contributed by atoms with Gasteiger partial charge in [-0.1, -0.05) is 12.1 Å². The smallest absolute Gasteiger partial charge is 0.299 e. The molecule has 0 radical (unpaired) electrons. The highest BCUT2D eigenvalue weighted by atomic mass is 19.4. The van der Waals surface area contributed by atoms with Crippen LogP contribution in [0, 0.1) is 0 Å². The van der Waals surface area contributed by atoms with Crippen LogP contribution in [-0.4, -0.2) is 46.1 Å². The lowest BCUT2D eigenvalue weighted by molar-refractivity contribution is -0.149. The average molecular weight is 446 g/mol. The van der Waals surface area contributed by atoms with E-state index < -0.39 is 42.4 Å². The number of alkyl halides is 6. The second-order valence-electron chi connectivity index (χ2n) is 6.75. The maximum atomic E-state index is 13.1. The number of carbonyl (C=O) groups excluding carboxylic acids is 2. The number of para-hydroxylation sites is 1. The van der Waals surface area contributed by atoms with Crippen molar-refractivity contribution in [2.75, 3.05) is 16.6 Å². The minimum atomic E-state index is -4.85. The largest absolute Gasteiger partial charge is 0.416 e. The number of halogens is 6. The summed E-state index contributed by atoms with van der Waals surface area (Å²) in [7, 11) is 0. The second kappa shape index (κ2) is 6.85. The Morgan fingerprint density at radius 1 is 0.903 bits per heavy atom. The van der Waals surface area contributed by atoms with Crippen LogP contribution in [0.15, 0.2) is 48.5 Å². The van der Waals surface area contributed by atoms with E-state index in [2.05, 4.69) is 0 Å². The van der Waals surface area contributed by atoms with Gasteiger partial charge in [-0.2, -0.15) is 31.4 Å². The van der Waals surface area contributed by atoms with Crippen molar-refractivity contribution in [3.8, 4) is 0 Å². The highest BCUT2D eigenvalue weighted by Crippen LogP contribution is 2.40. The lowest BCUT2D eigenvalue weighted by atomic mass is 10.1. The Morgan fingerprint density at radius 2 is 1.52 bits per heavy atom. The van der Waals surface area contributed by atoms with Gasteiger partial charge >= 0.3 is 12.4 Å². The van der Waals surface area contributed by atoms with Gasteiger partial charge in [-0.25, -0.2) is 5.01 Å². The van der Waals surface area contributed by atoms with Crippen molar-refractivity contribution in [2.45, 2.75) is 18.5 Å². The van der Waals surface area contributed by atoms with Crippen LogP contribution in [0.5, 0.6) is 0 Å². The number of amides is 2. The molecule has 13 heteroatoms. The number of hydrogen-bond acceptors (Lipinski definition) is 5. The van der Waals surface area contributed by atoms with Crippen LogP contribution < -0.4 is 10.0 Å². The highest BCUT2D eigenvalue weighted by molar-refractivity contribution is 6.10. The Morgan fingerprint density at radius 3 is 2.10 bits per heavy atom. The summed E-state index contributed by atoms with van der Waals surface area (Å²) < 4.78 is 77.8. The van der Waals surface area contributed by atoms with E-state index in [-0.39, 0.29) is 27.1 Å². The highest BCUT2D eigenvalue weighted by Gasteiger charge is 2.56. The molecular weight excluding hydrogens is 434 g/mol. The van der Waals surface area contributed by atoms with Crippen LogP contribution >= 0.6 is 0 Å². The number of rotatable bonds is 2. The first kappa shape index (κ1) is 20.9. The molecule has 0 bridgehead atoms. The van der Waals surface area contributed by atoms with Crippen molar-refractivity contribution in [2.24, 2.45) is 0 Å². The first-order valence-corrected chi connectivity index (χ1v) is 8.66. The molecule has 1 atom stereocenters. The monoisotopic (exact) mass is 446 g/mol. The molecule has 0 aliphatic carbocycles. The molecular formula is C18H12F6N4O3. The van der Waals surface area contributed by atoms with E-state index in [4.69, 9.17) is 0 Å². The molecule has 31 heavy (non-hydrogen) atoms. The quantitative estimate of drug-likeness (QED) is 0.717. The number of fused-ring (bicyclic) bond motifs is 3. The number of anilines is 2. The molecule has 1 fully saturated rings. The molecule has 1 N–H and O–H groups in total. The maximum absolute atomic E-state index is 13.1. The van der Waals surface area contributed by atoms with E-state index in [1.807, 2.05) is 0 Å². The van der Waals surface area contributed by atoms with E-state index in [0.29, 0.717) is 17.1 Å². The van der Waals surface area contributed by atoms with Gasteiger partial charge in [-0.05, 0) is 36.4 Å². The minimum Gasteiger partial charge on any atom is -0.299 e. The van der Waals surface area contributed by atoms with Gasteiger partial charge in [0.1, 0.15) is 6.54 Å². The van der Waals surface area contributed by atoms with Gasteiger partial charge in [0.25, 0.3) is 11.8 Å². The van der Waals surface area contributed by atoms with E-state index in [0.717, 1.165) is 17.1 Å². The molecule has 2 heterocycles. The molecule has 1 unspecified atom stereocenters. The van der Waals surface area contributed by atoms with Gasteiger partial charge in [-0.15, -0.1) is 0 Å². The Hall–Kier alpha value is -3.32. The molecule has 2 amide bonds. The van der Waals surface area contributed by atoms with E-state index in [9.17, 15) is 41.1 Å². The molecule has 2 aliphatic heterocycles. The number of hydrazine groups is 2. The summed E-state index contributed by atoms with van der Waals surface area (Å²) in [4.78, 5) is 25.9. The van der Waals surface area contributed by atoms with Crippen molar-refractivity contribution >= 4 is 23.2 Å². The zero-order chi connectivity index (χ0) is 22.7. The van der Waals surface area contributed by atoms with Crippen LogP contribution in [0.1, 0.15) is 15.9 Å². The lowest BCUT2D eigenvalue weighted by Crippen LogP contribution is -2.59. The summed E-state index contributed by atoms with van der Waals surface area (Å²) in [6, 6.07) is 8.46. The van der Waals surface area contributed by atoms with Crippen LogP contribution in [0.3, 0.4) is 0 Å². The number of benzene rings is 2. The topological polar surface area (TPSA) is 67.3 Å². The number of hydrogen-bond donors (Lipinski definition) is 1. The second-order valence-corrected chi connectivity index (χ2v) is 6.75. The summed E-state index contributed by atoms with van der Waals surface area (Å²) in [6.07, 6.45) is -11.4. The molecule has 0 spiro atoms. The third-order valence-electron chi connectivity index (χ3n) is 4.76. The molecule has 2 aromatic carbocycles. The van der Waals surface area contributed by atoms with Crippen molar-refractivity contribution in [1.82, 2.24) is 10.2 Å². The fourth-order valence-corrected chi connectivity index (χ4v) is 3.48. The van der Waals surface area contributed by atoms with Crippen molar-refractivity contribution < 1.29 is 41.1 Å². The Labute approximate surface area is 170 Å². The number of carbonyl (C=O) groups is 2. The van der Waals surface area contributed by atoms with E-state index in [1.54, 1.807) is 0 Å². The molecule has 0 aromatic heterocycles. The molecule has 2 aliphatic rings. The number of nitrogens with zero attached hydrogens (tertiary/aromatic N) is 4. The van der Waals surface area contributed by atoms with Gasteiger partial charge < -0.3 is 0 Å². The molecule has 2 aromatic rings. The first-order valence-electron chi connectivity index (χ1n) is 8.66. The third kappa shape index (κ3) is 3.45. The molecule has 4 rings (SSSR count). The third-order valence-corrected chi connectivity index (χ3v) is 4.76. The summed E-state index contributed by atoms with van der Waals surface area (Å²) in [5.74, 6) is -2.24. The SMILES string of the molecule is O=C1c2ccccc2N2C(C(=O)N(c3ccc(C(F)(F)F)cc3)N2O)N1CC(F)(F)F. The van der Waals surface area contributed by atoms with Crippen molar-refractivity contribution in [3.05, 3.63) is 59.7 Å². The van der Waals surface area contributed by atoms with Gasteiger partial charge in [0.2, 0.25) is 6.17 Å². The fourth-order valence-electron chi connectivity index (χ4n) is 3.48. The Kier molecular flexibility index (Phi) is 4.63. The van der Waals surface area contributed by atoms with E-state index >= 15 is 0 Å². The van der Waals surface area contributed by atoms with Crippen molar-refractivity contribution in [1.29, 1.82) is 0 Å². The lowest BCUT2D eigenvalue weighted by Gasteiger charge is -2.40. The molecule has 7 nitrogen and oxygen atoms in total. The van der Waals surface area contributed by atoms with Gasteiger partial charge in [0.05, 0.1) is 22.5 Å². The summed E-state index contributed by atoms with van der Waals surface area (Å²) in [6.45, 7) is -1.78. The zero-order valence-electron chi connectivity index (χ0n) is 15.2. The fraction of sp³-hybridized carbons (Fsp3) is 0.222. The van der Waals surface area contributed by atoms with Crippen LogP contribution in [-0.2, 0) is 11.0 Å². The summed E-state index contributed by atoms with van der Waals surface area (Å²) in [5.41, 5.74) is -1.50. The summed E-state index contributed by atoms with van der Waals surface area (Å²) >= 11 is 0. The first-order chi connectivity index (χ1) is 14.4. The van der Waals surface area contributed by atoms with Gasteiger partial charge in [0.15, 0.2) is 0 Å². The van der Waals surface area contributed by atoms with Gasteiger partial charge in [-0.3, -0.25) is 19.7 Å². The normalized spacial score (nSPS) is 19.7. The summed E-state index contributed by atoms with van der Waals surface area (Å²) in [5, 5.41) is 12.0. The van der Waals surface area contributed by atoms with Crippen LogP contribution in [0.2, 0.25) is 0 Å². The average Bonchev–Trinajstić information content (AvgIpc) is 2.94. The Bertz CT molecular complexity index is 1040. The molecule has 1 saturated heterocycles. The van der Waals surface area contributed by atoms with Gasteiger partial charge in [0, 0.05) is 5.28 Å². The predicted molar refractivity (Wildman–Crippen MR) is 92.4 cm³/mol. The standard InChI is InChI=1S/C18H12F6N4O3/c19-17(20,21)9-25-14-16(30)26(11-7-5-10(6-8-11)18(22,23)24)28(31)27(14)13-4-2-1-3-12(13)15(25)29/h1-8,14,31H,9H2.